The molecule has 0 spiro atoms. The zero-order valence-corrected chi connectivity index (χ0v) is 17.1. The number of aromatic nitrogens is 3. The summed E-state index contributed by atoms with van der Waals surface area (Å²) < 4.78 is 2.41. The van der Waals surface area contributed by atoms with E-state index < -0.39 is 0 Å². The minimum Gasteiger partial charge on any atom is -0.352 e. The molecular weight excluding hydrogens is 378 g/mol. The minimum atomic E-state index is -0.00474. The first-order valence-electron chi connectivity index (χ1n) is 8.72. The number of hydrogen-bond acceptors (Lipinski definition) is 5. The first kappa shape index (κ1) is 19.5. The molecule has 0 aliphatic rings. The van der Waals surface area contributed by atoms with Crippen molar-refractivity contribution in [2.24, 2.45) is 0 Å². The predicted octanol–water partition coefficient (Wildman–Crippen LogP) is 3.44. The number of thiophene rings is 1. The molecule has 2 N–H and O–H groups in total. The highest BCUT2D eigenvalue weighted by molar-refractivity contribution is 7.71. The lowest BCUT2D eigenvalue weighted by atomic mass is 10.1. The van der Waals surface area contributed by atoms with Gasteiger partial charge in [0.2, 0.25) is 5.91 Å². The van der Waals surface area contributed by atoms with Gasteiger partial charge < -0.3 is 10.2 Å². The molecule has 142 valence electrons. The Labute approximate surface area is 167 Å². The highest BCUT2D eigenvalue weighted by Crippen LogP contribution is 2.22. The minimum absolute atomic E-state index is 0.00474. The Morgan fingerprint density at radius 2 is 2.04 bits per heavy atom. The molecule has 2 heterocycles. The average Bonchev–Trinajstić information content (AvgIpc) is 3.28. The van der Waals surface area contributed by atoms with Crippen LogP contribution in [0.3, 0.4) is 0 Å². The molecule has 2 aromatic heterocycles. The fourth-order valence-electron chi connectivity index (χ4n) is 2.84. The second kappa shape index (κ2) is 9.07. The summed E-state index contributed by atoms with van der Waals surface area (Å²) in [6.45, 7) is 1.87. The molecule has 8 heteroatoms. The molecule has 0 saturated heterocycles. The molecular formula is C19H23N5OS2. The Morgan fingerprint density at radius 1 is 1.26 bits per heavy atom. The smallest absolute Gasteiger partial charge is 0.222 e. The third-order valence-corrected chi connectivity index (χ3v) is 5.32. The van der Waals surface area contributed by atoms with Gasteiger partial charge in [-0.1, -0.05) is 30.3 Å². The number of benzene rings is 1. The number of hydrogen-bond donors (Lipinski definition) is 2. The maximum absolute atomic E-state index is 12.4. The normalized spacial score (nSPS) is 11.1. The topological polar surface area (TPSA) is 66.0 Å². The average molecular weight is 402 g/mol. The Bertz CT molecular complexity index is 943. The number of carbonyl (C=O) groups is 1. The monoisotopic (exact) mass is 401 g/mol. The number of H-pyrrole nitrogens is 1. The number of carbonyl (C=O) groups excluding carboxylic acids is 1. The quantitative estimate of drug-likeness (QED) is 0.568. The first-order chi connectivity index (χ1) is 13.0. The third-order valence-electron chi connectivity index (χ3n) is 4.14. The highest BCUT2D eigenvalue weighted by Gasteiger charge is 2.12. The lowest BCUT2D eigenvalue weighted by Gasteiger charge is -2.14. The van der Waals surface area contributed by atoms with E-state index >= 15 is 0 Å². The molecule has 27 heavy (non-hydrogen) atoms. The van der Waals surface area contributed by atoms with Gasteiger partial charge in [0.25, 0.3) is 0 Å². The molecule has 1 aromatic carbocycles. The van der Waals surface area contributed by atoms with Gasteiger partial charge in [-0.05, 0) is 48.9 Å². The first-order valence-corrected chi connectivity index (χ1v) is 10.0. The van der Waals surface area contributed by atoms with Gasteiger partial charge in [-0.2, -0.15) is 5.10 Å². The molecule has 3 rings (SSSR count). The molecule has 0 saturated carbocycles. The van der Waals surface area contributed by atoms with Gasteiger partial charge in [0.15, 0.2) is 10.6 Å². The Balaban J connectivity index is 1.59. The van der Waals surface area contributed by atoms with Crippen molar-refractivity contribution in [3.8, 4) is 10.7 Å². The van der Waals surface area contributed by atoms with Crippen LogP contribution >= 0.6 is 23.6 Å². The van der Waals surface area contributed by atoms with Crippen LogP contribution in [-0.4, -0.2) is 39.7 Å². The van der Waals surface area contributed by atoms with Gasteiger partial charge in [0, 0.05) is 26.1 Å². The van der Waals surface area contributed by atoms with E-state index in [2.05, 4.69) is 32.5 Å². The Hall–Kier alpha value is -2.29. The molecule has 0 aliphatic heterocycles. The van der Waals surface area contributed by atoms with Crippen LogP contribution in [0.5, 0.6) is 0 Å². The third kappa shape index (κ3) is 5.12. The van der Waals surface area contributed by atoms with Crippen molar-refractivity contribution in [2.75, 3.05) is 14.1 Å². The van der Waals surface area contributed by atoms with E-state index in [9.17, 15) is 4.79 Å². The van der Waals surface area contributed by atoms with Crippen molar-refractivity contribution in [3.05, 3.63) is 57.7 Å². The summed E-state index contributed by atoms with van der Waals surface area (Å²) in [5.74, 6) is 0.772. The summed E-state index contributed by atoms with van der Waals surface area (Å²) in [7, 11) is 4.07. The van der Waals surface area contributed by atoms with Crippen LogP contribution in [0.25, 0.3) is 10.7 Å². The van der Waals surface area contributed by atoms with E-state index in [0.717, 1.165) is 22.8 Å². The van der Waals surface area contributed by atoms with Crippen LogP contribution in [0.15, 0.2) is 41.8 Å². The molecule has 0 atom stereocenters. The van der Waals surface area contributed by atoms with E-state index in [1.54, 1.807) is 11.3 Å². The van der Waals surface area contributed by atoms with E-state index in [0.29, 0.717) is 24.3 Å². The van der Waals surface area contributed by atoms with E-state index in [1.165, 1.54) is 5.56 Å². The van der Waals surface area contributed by atoms with E-state index in [4.69, 9.17) is 12.2 Å². The summed E-state index contributed by atoms with van der Waals surface area (Å²) in [6.07, 6.45) is 0.349. The van der Waals surface area contributed by atoms with Gasteiger partial charge >= 0.3 is 0 Å². The second-order valence-corrected chi connectivity index (χ2v) is 7.85. The van der Waals surface area contributed by atoms with Crippen molar-refractivity contribution < 1.29 is 4.79 Å². The Morgan fingerprint density at radius 3 is 2.74 bits per heavy atom. The molecule has 0 bridgehead atoms. The van der Waals surface area contributed by atoms with E-state index in [1.807, 2.05) is 48.3 Å². The van der Waals surface area contributed by atoms with Crippen molar-refractivity contribution >= 4 is 29.5 Å². The molecule has 3 aromatic rings. The highest BCUT2D eigenvalue weighted by atomic mass is 32.1. The van der Waals surface area contributed by atoms with Crippen LogP contribution in [0.4, 0.5) is 0 Å². The standard InChI is InChI=1S/C19H23N5OS2/c1-23(2)13-15-7-4-3-6-14(15)12-20-17(25)9-10-24-18(21-22-19(24)26)16-8-5-11-27-16/h3-8,11H,9-10,12-13H2,1-2H3,(H,20,25)(H,22,26). The van der Waals surface area contributed by atoms with Gasteiger partial charge in [-0.3, -0.25) is 14.5 Å². The number of rotatable bonds is 8. The lowest BCUT2D eigenvalue weighted by Crippen LogP contribution is -2.25. The SMILES string of the molecule is CN(C)Cc1ccccc1CNC(=O)CCn1c(-c2cccs2)n[nH]c1=S. The van der Waals surface area contributed by atoms with Crippen molar-refractivity contribution in [1.29, 1.82) is 0 Å². The molecule has 1 amide bonds. The van der Waals surface area contributed by atoms with Crippen LogP contribution in [0, 0.1) is 4.77 Å². The zero-order valence-electron chi connectivity index (χ0n) is 15.4. The van der Waals surface area contributed by atoms with Gasteiger partial charge in [0.05, 0.1) is 4.88 Å². The van der Waals surface area contributed by atoms with Crippen LogP contribution in [0.2, 0.25) is 0 Å². The summed E-state index contributed by atoms with van der Waals surface area (Å²) >= 11 is 6.91. The lowest BCUT2D eigenvalue weighted by molar-refractivity contribution is -0.121. The Kier molecular flexibility index (Phi) is 6.54. The molecule has 6 nitrogen and oxygen atoms in total. The largest absolute Gasteiger partial charge is 0.352 e. The summed E-state index contributed by atoms with van der Waals surface area (Å²) in [6, 6.07) is 12.1. The maximum atomic E-state index is 12.4. The predicted molar refractivity (Wildman–Crippen MR) is 111 cm³/mol. The van der Waals surface area contributed by atoms with Crippen LogP contribution in [-0.2, 0) is 24.4 Å². The van der Waals surface area contributed by atoms with Gasteiger partial charge in [-0.25, -0.2) is 0 Å². The number of nitrogens with one attached hydrogen (secondary N) is 2. The zero-order chi connectivity index (χ0) is 19.2. The summed E-state index contributed by atoms with van der Waals surface area (Å²) in [5, 5.41) is 12.1. The fourth-order valence-corrected chi connectivity index (χ4v) is 3.78. The summed E-state index contributed by atoms with van der Waals surface area (Å²) in [4.78, 5) is 15.5. The van der Waals surface area contributed by atoms with Gasteiger partial charge in [-0.15, -0.1) is 11.3 Å². The maximum Gasteiger partial charge on any atom is 0.222 e. The molecule has 0 fully saturated rings. The van der Waals surface area contributed by atoms with Crippen molar-refractivity contribution in [3.63, 3.8) is 0 Å². The number of aromatic amines is 1. The number of nitrogens with zero attached hydrogens (tertiary/aromatic N) is 3. The van der Waals surface area contributed by atoms with Crippen molar-refractivity contribution in [2.45, 2.75) is 26.1 Å². The molecule has 0 radical (unpaired) electrons. The molecule has 0 unspecified atom stereocenters. The molecule has 0 aliphatic carbocycles. The van der Waals surface area contributed by atoms with Crippen LogP contribution < -0.4 is 5.32 Å². The van der Waals surface area contributed by atoms with E-state index in [-0.39, 0.29) is 5.91 Å². The summed E-state index contributed by atoms with van der Waals surface area (Å²) in [5.41, 5.74) is 2.36. The van der Waals surface area contributed by atoms with Crippen molar-refractivity contribution in [1.82, 2.24) is 25.0 Å². The fraction of sp³-hybridized carbons (Fsp3) is 0.316. The number of amides is 1. The van der Waals surface area contributed by atoms with Gasteiger partial charge in [0.1, 0.15) is 0 Å². The second-order valence-electron chi connectivity index (χ2n) is 6.51. The van der Waals surface area contributed by atoms with Crippen LogP contribution in [0.1, 0.15) is 17.5 Å².